The minimum Gasteiger partial charge on any atom is -0.338 e. The largest absolute Gasteiger partial charge is 0.338 e. The molecule has 7 heteroatoms. The Morgan fingerprint density at radius 2 is 1.88 bits per heavy atom. The first-order chi connectivity index (χ1) is 12.3. The Morgan fingerprint density at radius 3 is 2.50 bits per heavy atom. The molecular weight excluding hydrogens is 352 g/mol. The van der Waals surface area contributed by atoms with Gasteiger partial charge in [0.05, 0.1) is 0 Å². The van der Waals surface area contributed by atoms with Crippen LogP contribution in [0.4, 0.5) is 4.79 Å². The van der Waals surface area contributed by atoms with Gasteiger partial charge in [0.1, 0.15) is 6.04 Å². The molecule has 2 rings (SSSR count). The molecule has 1 fully saturated rings. The van der Waals surface area contributed by atoms with E-state index in [1.54, 1.807) is 6.07 Å². The van der Waals surface area contributed by atoms with Gasteiger partial charge in [0.15, 0.2) is 0 Å². The second-order valence-corrected chi connectivity index (χ2v) is 7.70. The van der Waals surface area contributed by atoms with Gasteiger partial charge in [-0.25, -0.2) is 4.79 Å². The number of likely N-dealkylation sites (N-methyl/N-ethyl adjacent to an activating group) is 1. The van der Waals surface area contributed by atoms with Gasteiger partial charge in [-0.2, -0.15) is 0 Å². The molecule has 0 unspecified atom stereocenters. The molecule has 0 radical (unpaired) electrons. The van der Waals surface area contributed by atoms with E-state index < -0.39 is 6.04 Å². The number of urea groups is 1. The van der Waals surface area contributed by atoms with E-state index in [4.69, 9.17) is 11.6 Å². The topological polar surface area (TPSA) is 64.7 Å². The van der Waals surface area contributed by atoms with Crippen molar-refractivity contribution in [1.29, 1.82) is 0 Å². The Bertz CT molecular complexity index is 615. The smallest absolute Gasteiger partial charge is 0.315 e. The molecule has 3 amide bonds. The number of benzene rings is 1. The predicted octanol–water partition coefficient (Wildman–Crippen LogP) is 2.33. The van der Waals surface area contributed by atoms with Gasteiger partial charge >= 0.3 is 6.03 Å². The summed E-state index contributed by atoms with van der Waals surface area (Å²) < 4.78 is 0. The molecule has 2 N–H and O–H groups in total. The van der Waals surface area contributed by atoms with Crippen LogP contribution in [0.1, 0.15) is 25.8 Å². The minimum atomic E-state index is -0.502. The van der Waals surface area contributed by atoms with E-state index in [9.17, 15) is 9.59 Å². The van der Waals surface area contributed by atoms with Crippen LogP contribution in [0.5, 0.6) is 0 Å². The summed E-state index contributed by atoms with van der Waals surface area (Å²) in [7, 11) is 2.05. The van der Waals surface area contributed by atoms with Gasteiger partial charge in [0.25, 0.3) is 0 Å². The Morgan fingerprint density at radius 1 is 1.19 bits per heavy atom. The Balaban J connectivity index is 1.91. The summed E-state index contributed by atoms with van der Waals surface area (Å²) in [6.45, 7) is 7.60. The Labute approximate surface area is 160 Å². The van der Waals surface area contributed by atoms with E-state index >= 15 is 0 Å². The molecule has 1 aliphatic heterocycles. The number of nitrogens with one attached hydrogen (secondary N) is 2. The predicted molar refractivity (Wildman–Crippen MR) is 104 cm³/mol. The lowest BCUT2D eigenvalue weighted by atomic mass is 10.0. The number of amides is 3. The van der Waals surface area contributed by atoms with E-state index in [1.165, 1.54) is 0 Å². The van der Waals surface area contributed by atoms with Crippen LogP contribution in [-0.2, 0) is 11.3 Å². The average molecular weight is 381 g/mol. The number of hydrogen-bond acceptors (Lipinski definition) is 3. The van der Waals surface area contributed by atoms with Crippen LogP contribution in [0, 0.1) is 5.92 Å². The molecule has 6 nitrogen and oxygen atoms in total. The molecule has 1 heterocycles. The van der Waals surface area contributed by atoms with Gasteiger partial charge in [-0.15, -0.1) is 0 Å². The van der Waals surface area contributed by atoms with Gasteiger partial charge in [-0.05, 0) is 37.1 Å². The fourth-order valence-electron chi connectivity index (χ4n) is 2.98. The third kappa shape index (κ3) is 6.50. The van der Waals surface area contributed by atoms with E-state index in [0.717, 1.165) is 18.7 Å². The zero-order chi connectivity index (χ0) is 19.1. The minimum absolute atomic E-state index is 0.00436. The van der Waals surface area contributed by atoms with E-state index in [-0.39, 0.29) is 11.9 Å². The van der Waals surface area contributed by atoms with Crippen molar-refractivity contribution in [2.45, 2.75) is 32.9 Å². The van der Waals surface area contributed by atoms with Crippen LogP contribution in [0.15, 0.2) is 24.3 Å². The maximum absolute atomic E-state index is 12.8. The van der Waals surface area contributed by atoms with Gasteiger partial charge in [-0.1, -0.05) is 37.6 Å². The molecule has 1 aromatic carbocycles. The molecule has 0 aliphatic carbocycles. The number of hydrogen-bond donors (Lipinski definition) is 2. The number of nitrogens with zero attached hydrogens (tertiary/aromatic N) is 2. The lowest BCUT2D eigenvalue weighted by molar-refractivity contribution is -0.135. The molecule has 1 aromatic rings. The van der Waals surface area contributed by atoms with Crippen molar-refractivity contribution >= 4 is 23.5 Å². The summed E-state index contributed by atoms with van der Waals surface area (Å²) >= 11 is 5.96. The summed E-state index contributed by atoms with van der Waals surface area (Å²) in [5, 5.41) is 6.29. The van der Waals surface area contributed by atoms with Crippen LogP contribution >= 0.6 is 11.6 Å². The van der Waals surface area contributed by atoms with E-state index in [1.807, 2.05) is 23.1 Å². The first-order valence-electron chi connectivity index (χ1n) is 9.11. The van der Waals surface area contributed by atoms with Crippen molar-refractivity contribution in [3.05, 3.63) is 34.9 Å². The number of piperazine rings is 1. The SMILES string of the molecule is CC(C)C[C@H](NC(=O)NCc1cccc(Cl)c1)C(=O)N1CCN(C)CC1. The van der Waals surface area contributed by atoms with E-state index in [2.05, 4.69) is 36.4 Å². The highest BCUT2D eigenvalue weighted by Gasteiger charge is 2.28. The number of halogens is 1. The first-order valence-corrected chi connectivity index (χ1v) is 9.49. The second kappa shape index (κ2) is 9.78. The molecule has 1 saturated heterocycles. The van der Waals surface area contributed by atoms with Gasteiger partial charge in [-0.3, -0.25) is 4.79 Å². The lowest BCUT2D eigenvalue weighted by Gasteiger charge is -2.35. The van der Waals surface area contributed by atoms with Gasteiger partial charge in [0, 0.05) is 37.7 Å². The number of carbonyl (C=O) groups is 2. The summed E-state index contributed by atoms with van der Waals surface area (Å²) in [6.07, 6.45) is 0.621. The standard InChI is InChI=1S/C19H29ClN4O2/c1-14(2)11-17(18(25)24-9-7-23(3)8-10-24)22-19(26)21-13-15-5-4-6-16(20)12-15/h4-6,12,14,17H,7-11,13H2,1-3H3,(H2,21,22,26)/t17-/m0/s1. The zero-order valence-electron chi connectivity index (χ0n) is 15.8. The maximum Gasteiger partial charge on any atom is 0.315 e. The van der Waals surface area contributed by atoms with Crippen LogP contribution in [0.2, 0.25) is 5.02 Å². The number of carbonyl (C=O) groups excluding carboxylic acids is 2. The molecule has 0 saturated carbocycles. The Hall–Kier alpha value is -1.79. The van der Waals surface area contributed by atoms with Crippen molar-refractivity contribution in [3.8, 4) is 0 Å². The fourth-order valence-corrected chi connectivity index (χ4v) is 3.19. The molecule has 1 atom stereocenters. The highest BCUT2D eigenvalue weighted by atomic mass is 35.5. The van der Waals surface area contributed by atoms with Crippen molar-refractivity contribution in [2.75, 3.05) is 33.2 Å². The normalized spacial score (nSPS) is 16.4. The Kier molecular flexibility index (Phi) is 7.72. The first kappa shape index (κ1) is 20.5. The molecule has 1 aliphatic rings. The van der Waals surface area contributed by atoms with Crippen molar-refractivity contribution < 1.29 is 9.59 Å². The van der Waals surface area contributed by atoms with Crippen molar-refractivity contribution in [1.82, 2.24) is 20.4 Å². The third-order valence-corrected chi connectivity index (χ3v) is 4.70. The third-order valence-electron chi connectivity index (χ3n) is 4.47. The van der Waals surface area contributed by atoms with Crippen LogP contribution in [0.3, 0.4) is 0 Å². The summed E-state index contributed by atoms with van der Waals surface area (Å²) in [5.74, 6) is 0.314. The maximum atomic E-state index is 12.8. The fraction of sp³-hybridized carbons (Fsp3) is 0.579. The highest BCUT2D eigenvalue weighted by molar-refractivity contribution is 6.30. The number of rotatable bonds is 6. The van der Waals surface area contributed by atoms with Crippen LogP contribution < -0.4 is 10.6 Å². The molecule has 26 heavy (non-hydrogen) atoms. The quantitative estimate of drug-likeness (QED) is 0.796. The van der Waals surface area contributed by atoms with Crippen molar-refractivity contribution in [2.24, 2.45) is 5.92 Å². The van der Waals surface area contributed by atoms with Gasteiger partial charge in [0.2, 0.25) is 5.91 Å². The molecule has 0 aromatic heterocycles. The highest BCUT2D eigenvalue weighted by Crippen LogP contribution is 2.11. The van der Waals surface area contributed by atoms with Crippen LogP contribution in [-0.4, -0.2) is 61.0 Å². The average Bonchev–Trinajstić information content (AvgIpc) is 2.59. The molecular formula is C19H29ClN4O2. The molecule has 0 bridgehead atoms. The zero-order valence-corrected chi connectivity index (χ0v) is 16.6. The monoisotopic (exact) mass is 380 g/mol. The van der Waals surface area contributed by atoms with Gasteiger partial charge < -0.3 is 20.4 Å². The lowest BCUT2D eigenvalue weighted by Crippen LogP contribution is -2.55. The summed E-state index contributed by atoms with van der Waals surface area (Å²) in [4.78, 5) is 29.2. The molecule has 144 valence electrons. The second-order valence-electron chi connectivity index (χ2n) is 7.27. The summed E-state index contributed by atoms with van der Waals surface area (Å²) in [5.41, 5.74) is 0.915. The molecule has 0 spiro atoms. The van der Waals surface area contributed by atoms with Crippen LogP contribution in [0.25, 0.3) is 0 Å². The van der Waals surface area contributed by atoms with E-state index in [0.29, 0.717) is 37.0 Å². The van der Waals surface area contributed by atoms with Crippen molar-refractivity contribution in [3.63, 3.8) is 0 Å². The summed E-state index contributed by atoms with van der Waals surface area (Å²) in [6, 6.07) is 6.50.